The van der Waals surface area contributed by atoms with E-state index >= 15 is 0 Å². The van der Waals surface area contributed by atoms with Crippen LogP contribution in [-0.2, 0) is 9.53 Å². The number of ether oxygens (including phenoxy) is 1. The first-order valence-electron chi connectivity index (χ1n) is 8.12. The molecule has 7 heteroatoms. The molecule has 3 heterocycles. The standard InChI is InChI=1S/C17H22N4O3/c1-10(2)21-9-12(8-18-21)15-13(6-7-24-15)16(22)20-14-5-4-11(3)19-17(14)23/h4-5,8-10,13,15H,6-7H2,1-3H3,(H,19,23)(H,20,22)/t13-,15+/m1/s1. The lowest BCUT2D eigenvalue weighted by molar-refractivity contribution is -0.121. The van der Waals surface area contributed by atoms with Gasteiger partial charge in [-0.3, -0.25) is 14.3 Å². The van der Waals surface area contributed by atoms with Gasteiger partial charge in [0.1, 0.15) is 5.69 Å². The fourth-order valence-electron chi connectivity index (χ4n) is 2.86. The molecule has 128 valence electrons. The van der Waals surface area contributed by atoms with Crippen molar-refractivity contribution < 1.29 is 9.53 Å². The van der Waals surface area contributed by atoms with Gasteiger partial charge < -0.3 is 15.0 Å². The Kier molecular flexibility index (Phi) is 4.53. The number of aromatic amines is 1. The number of anilines is 1. The van der Waals surface area contributed by atoms with Crippen LogP contribution in [0.3, 0.4) is 0 Å². The lowest BCUT2D eigenvalue weighted by atomic mass is 9.96. The molecule has 1 amide bonds. The van der Waals surface area contributed by atoms with E-state index in [1.54, 1.807) is 25.3 Å². The van der Waals surface area contributed by atoms with Crippen molar-refractivity contribution in [3.8, 4) is 0 Å². The monoisotopic (exact) mass is 330 g/mol. The van der Waals surface area contributed by atoms with Crippen LogP contribution in [0.4, 0.5) is 5.69 Å². The number of carbonyl (C=O) groups excluding carboxylic acids is 1. The number of hydrogen-bond acceptors (Lipinski definition) is 4. The van der Waals surface area contributed by atoms with Crippen molar-refractivity contribution in [2.45, 2.75) is 39.3 Å². The fourth-order valence-corrected chi connectivity index (χ4v) is 2.86. The summed E-state index contributed by atoms with van der Waals surface area (Å²) in [6.45, 7) is 6.39. The second-order valence-electron chi connectivity index (χ2n) is 6.41. The molecular formula is C17H22N4O3. The van der Waals surface area contributed by atoms with E-state index in [1.807, 2.05) is 24.7 Å². The molecule has 0 spiro atoms. The zero-order valence-electron chi connectivity index (χ0n) is 14.1. The van der Waals surface area contributed by atoms with Crippen LogP contribution in [0.15, 0.2) is 29.3 Å². The summed E-state index contributed by atoms with van der Waals surface area (Å²) in [6.07, 6.45) is 3.95. The van der Waals surface area contributed by atoms with E-state index in [0.29, 0.717) is 13.0 Å². The van der Waals surface area contributed by atoms with E-state index in [-0.39, 0.29) is 35.2 Å². The summed E-state index contributed by atoms with van der Waals surface area (Å²) in [7, 11) is 0. The lowest BCUT2D eigenvalue weighted by Crippen LogP contribution is -2.28. The molecule has 0 aromatic carbocycles. The van der Waals surface area contributed by atoms with Crippen LogP contribution in [-0.4, -0.2) is 27.3 Å². The number of carbonyl (C=O) groups is 1. The van der Waals surface area contributed by atoms with Crippen LogP contribution in [0.25, 0.3) is 0 Å². The number of amides is 1. The van der Waals surface area contributed by atoms with Gasteiger partial charge in [0, 0.05) is 30.1 Å². The molecule has 24 heavy (non-hydrogen) atoms. The molecule has 1 fully saturated rings. The first-order chi connectivity index (χ1) is 11.5. The maximum atomic E-state index is 12.6. The number of hydrogen-bond donors (Lipinski definition) is 2. The van der Waals surface area contributed by atoms with Crippen molar-refractivity contribution in [1.82, 2.24) is 14.8 Å². The molecule has 2 N–H and O–H groups in total. The summed E-state index contributed by atoms with van der Waals surface area (Å²) >= 11 is 0. The third kappa shape index (κ3) is 3.26. The Balaban J connectivity index is 1.76. The van der Waals surface area contributed by atoms with Gasteiger partial charge in [-0.25, -0.2) is 0 Å². The summed E-state index contributed by atoms with van der Waals surface area (Å²) < 4.78 is 7.60. The minimum absolute atomic E-state index is 0.204. The molecule has 0 radical (unpaired) electrons. The zero-order chi connectivity index (χ0) is 17.3. The minimum Gasteiger partial charge on any atom is -0.373 e. The van der Waals surface area contributed by atoms with E-state index < -0.39 is 0 Å². The van der Waals surface area contributed by atoms with Gasteiger partial charge in [0.15, 0.2) is 0 Å². The highest BCUT2D eigenvalue weighted by Gasteiger charge is 2.36. The summed E-state index contributed by atoms with van der Waals surface area (Å²) in [5.41, 5.74) is 1.60. The molecule has 2 aromatic heterocycles. The normalized spacial score (nSPS) is 20.5. The molecule has 1 saturated heterocycles. The van der Waals surface area contributed by atoms with E-state index in [0.717, 1.165) is 11.3 Å². The van der Waals surface area contributed by atoms with Crippen molar-refractivity contribution in [3.05, 3.63) is 46.1 Å². The van der Waals surface area contributed by atoms with Crippen LogP contribution >= 0.6 is 0 Å². The van der Waals surface area contributed by atoms with Gasteiger partial charge >= 0.3 is 0 Å². The number of rotatable bonds is 4. The molecule has 1 aliphatic heterocycles. The number of H-pyrrole nitrogens is 1. The van der Waals surface area contributed by atoms with Crippen LogP contribution in [0.5, 0.6) is 0 Å². The molecule has 1 aliphatic rings. The fraction of sp³-hybridized carbons (Fsp3) is 0.471. The second kappa shape index (κ2) is 6.60. The van der Waals surface area contributed by atoms with E-state index in [2.05, 4.69) is 15.4 Å². The van der Waals surface area contributed by atoms with Crippen LogP contribution in [0, 0.1) is 12.8 Å². The Morgan fingerprint density at radius 2 is 2.25 bits per heavy atom. The van der Waals surface area contributed by atoms with Gasteiger partial charge in [0.2, 0.25) is 5.91 Å². The van der Waals surface area contributed by atoms with Crippen LogP contribution in [0.2, 0.25) is 0 Å². The lowest BCUT2D eigenvalue weighted by Gasteiger charge is -2.17. The summed E-state index contributed by atoms with van der Waals surface area (Å²) in [5.74, 6) is -0.542. The number of nitrogens with one attached hydrogen (secondary N) is 2. The maximum Gasteiger partial charge on any atom is 0.271 e. The first kappa shape index (κ1) is 16.4. The summed E-state index contributed by atoms with van der Waals surface area (Å²) in [5, 5.41) is 7.03. The Bertz CT molecular complexity index is 793. The van der Waals surface area contributed by atoms with E-state index in [9.17, 15) is 9.59 Å². The highest BCUT2D eigenvalue weighted by atomic mass is 16.5. The minimum atomic E-state index is -0.337. The van der Waals surface area contributed by atoms with Gasteiger partial charge in [0.05, 0.1) is 18.2 Å². The highest BCUT2D eigenvalue weighted by Crippen LogP contribution is 2.35. The van der Waals surface area contributed by atoms with Crippen molar-refractivity contribution >= 4 is 11.6 Å². The molecular weight excluding hydrogens is 308 g/mol. The average molecular weight is 330 g/mol. The Morgan fingerprint density at radius 3 is 2.92 bits per heavy atom. The molecule has 0 unspecified atom stereocenters. The Hall–Kier alpha value is -2.41. The molecule has 3 rings (SSSR count). The van der Waals surface area contributed by atoms with Gasteiger partial charge in [-0.15, -0.1) is 0 Å². The molecule has 0 aliphatic carbocycles. The predicted octanol–water partition coefficient (Wildman–Crippen LogP) is 2.18. The van der Waals surface area contributed by atoms with Gasteiger partial charge in [-0.05, 0) is 39.3 Å². The third-order valence-corrected chi connectivity index (χ3v) is 4.22. The molecule has 2 aromatic rings. The van der Waals surface area contributed by atoms with E-state index in [1.165, 1.54) is 0 Å². The smallest absolute Gasteiger partial charge is 0.271 e. The van der Waals surface area contributed by atoms with Crippen LogP contribution < -0.4 is 10.9 Å². The van der Waals surface area contributed by atoms with Gasteiger partial charge in [-0.1, -0.05) is 0 Å². The quantitative estimate of drug-likeness (QED) is 0.899. The largest absolute Gasteiger partial charge is 0.373 e. The predicted molar refractivity (Wildman–Crippen MR) is 89.8 cm³/mol. The molecule has 2 atom stereocenters. The maximum absolute atomic E-state index is 12.6. The van der Waals surface area contributed by atoms with Gasteiger partial charge in [0.25, 0.3) is 5.56 Å². The first-order valence-corrected chi connectivity index (χ1v) is 8.12. The van der Waals surface area contributed by atoms with Crippen molar-refractivity contribution in [1.29, 1.82) is 0 Å². The Morgan fingerprint density at radius 1 is 1.46 bits per heavy atom. The third-order valence-electron chi connectivity index (χ3n) is 4.22. The highest BCUT2D eigenvalue weighted by molar-refractivity contribution is 5.93. The number of aryl methyl sites for hydroxylation is 1. The zero-order valence-corrected chi connectivity index (χ0v) is 14.1. The molecule has 0 bridgehead atoms. The topological polar surface area (TPSA) is 89.0 Å². The number of nitrogens with zero attached hydrogens (tertiary/aromatic N) is 2. The average Bonchev–Trinajstić information content (AvgIpc) is 3.17. The van der Waals surface area contributed by atoms with Crippen LogP contribution in [0.1, 0.15) is 43.7 Å². The number of pyridine rings is 1. The van der Waals surface area contributed by atoms with Crippen molar-refractivity contribution in [3.63, 3.8) is 0 Å². The molecule has 0 saturated carbocycles. The van der Waals surface area contributed by atoms with Crippen molar-refractivity contribution in [2.24, 2.45) is 5.92 Å². The summed E-state index contributed by atoms with van der Waals surface area (Å²) in [4.78, 5) is 27.2. The van der Waals surface area contributed by atoms with Gasteiger partial charge in [-0.2, -0.15) is 5.10 Å². The van der Waals surface area contributed by atoms with E-state index in [4.69, 9.17) is 4.74 Å². The Labute approximate surface area is 140 Å². The van der Waals surface area contributed by atoms with Crippen molar-refractivity contribution in [2.75, 3.05) is 11.9 Å². The number of aromatic nitrogens is 3. The SMILES string of the molecule is Cc1ccc(NC(=O)[C@@H]2CCO[C@H]2c2cnn(C(C)C)c2)c(=O)[nH]1. The molecule has 7 nitrogen and oxygen atoms in total. The second-order valence-corrected chi connectivity index (χ2v) is 6.41. The summed E-state index contributed by atoms with van der Waals surface area (Å²) in [6, 6.07) is 3.62.